The zero-order chi connectivity index (χ0) is 34.3. The summed E-state index contributed by atoms with van der Waals surface area (Å²) >= 11 is 0. The largest absolute Gasteiger partial charge is 0.480 e. The van der Waals surface area contributed by atoms with Gasteiger partial charge in [-0.25, -0.2) is 9.36 Å². The van der Waals surface area contributed by atoms with Gasteiger partial charge in [-0.3, -0.25) is 18.6 Å². The first-order valence-electron chi connectivity index (χ1n) is 16.3. The molecule has 11 nitrogen and oxygen atoms in total. The van der Waals surface area contributed by atoms with Gasteiger partial charge in [0.15, 0.2) is 6.04 Å². The smallest absolute Gasteiger partial charge is 0.472 e. The zero-order valence-electron chi connectivity index (χ0n) is 27.6. The summed E-state index contributed by atoms with van der Waals surface area (Å²) in [4.78, 5) is 44.4. The lowest BCUT2D eigenvalue weighted by atomic mass is 10.1. The number of ether oxygens (including phenoxy) is 1. The molecule has 1 amide bonds. The van der Waals surface area contributed by atoms with Gasteiger partial charge in [0.05, 0.1) is 13.2 Å². The number of nitrogens with one attached hydrogen (secondary N) is 1. The van der Waals surface area contributed by atoms with Gasteiger partial charge >= 0.3 is 19.8 Å². The maximum Gasteiger partial charge on any atom is 0.472 e. The van der Waals surface area contributed by atoms with E-state index in [1.54, 1.807) is 6.92 Å². The van der Waals surface area contributed by atoms with E-state index in [2.05, 4.69) is 82.0 Å². The first-order chi connectivity index (χ1) is 22.1. The molecule has 4 N–H and O–H groups in total. The molecule has 0 saturated heterocycles. The fraction of sp³-hybridized carbons (Fsp3) is 0.618. The maximum atomic E-state index is 12.0. The van der Waals surface area contributed by atoms with Crippen LogP contribution >= 0.6 is 7.82 Å². The molecule has 0 spiro atoms. The molecule has 262 valence electrons. The van der Waals surface area contributed by atoms with Gasteiger partial charge in [0.1, 0.15) is 12.7 Å². The Labute approximate surface area is 275 Å². The van der Waals surface area contributed by atoms with Gasteiger partial charge in [-0.15, -0.1) is 0 Å². The third-order valence-electron chi connectivity index (χ3n) is 6.29. The summed E-state index contributed by atoms with van der Waals surface area (Å²) in [6.45, 7) is 1.95. The average molecular weight is 670 g/mol. The van der Waals surface area contributed by atoms with Crippen LogP contribution in [0.5, 0.6) is 0 Å². The minimum Gasteiger partial charge on any atom is -0.480 e. The zero-order valence-corrected chi connectivity index (χ0v) is 28.5. The summed E-state index contributed by atoms with van der Waals surface area (Å²) in [6, 6.07) is -1.54. The van der Waals surface area contributed by atoms with Crippen LogP contribution in [0.4, 0.5) is 0 Å². The monoisotopic (exact) mass is 669 g/mol. The van der Waals surface area contributed by atoms with Crippen molar-refractivity contribution in [2.45, 2.75) is 116 Å². The van der Waals surface area contributed by atoms with Crippen LogP contribution in [-0.2, 0) is 32.7 Å². The first kappa shape index (κ1) is 43.2. The molecule has 3 unspecified atom stereocenters. The molecule has 0 aromatic heterocycles. The molecule has 0 aliphatic heterocycles. The molecular formula is C34H56NO10P. The van der Waals surface area contributed by atoms with Crippen LogP contribution in [0.25, 0.3) is 0 Å². The highest BCUT2D eigenvalue weighted by Gasteiger charge is 2.28. The fourth-order valence-electron chi connectivity index (χ4n) is 3.79. The standard InChI is InChI=1S/C34H56NO10P/c1-3-5-6-7-8-9-10-11-12-13-14-15-16-17-18-19-20-21-22-23-24-26-33(38)43-27-30(36)28-44-46(41,42)45-29-31(34(39)40)35-32(37)25-4-2/h5-6,8-9,11-12,14-15,17-18,30-31,36H,3-4,7,10,13,16,19-29H2,1-2H3,(H,35,37)(H,39,40)(H,41,42)/b6-5-,9-8-,12-11-,15-14-,18-17-. The molecule has 12 heteroatoms. The second-order valence-corrected chi connectivity index (χ2v) is 12.1. The topological polar surface area (TPSA) is 169 Å². The average Bonchev–Trinajstić information content (AvgIpc) is 3.01. The highest BCUT2D eigenvalue weighted by atomic mass is 31.2. The van der Waals surface area contributed by atoms with Crippen molar-refractivity contribution in [3.63, 3.8) is 0 Å². The summed E-state index contributed by atoms with van der Waals surface area (Å²) in [5, 5.41) is 21.2. The van der Waals surface area contributed by atoms with Crippen molar-refractivity contribution in [1.82, 2.24) is 5.32 Å². The Morgan fingerprint density at radius 3 is 1.80 bits per heavy atom. The second-order valence-electron chi connectivity index (χ2n) is 10.6. The number of allylic oxidation sites excluding steroid dienone is 10. The Morgan fingerprint density at radius 1 is 0.717 bits per heavy atom. The first-order valence-corrected chi connectivity index (χ1v) is 17.8. The van der Waals surface area contributed by atoms with E-state index in [0.717, 1.165) is 64.2 Å². The number of hydrogen-bond donors (Lipinski definition) is 4. The third kappa shape index (κ3) is 28.6. The minimum absolute atomic E-state index is 0.0917. The number of carboxylic acid groups (broad SMARTS) is 1. The number of phosphoric ester groups is 1. The van der Waals surface area contributed by atoms with Gasteiger partial charge < -0.3 is 25.2 Å². The van der Waals surface area contributed by atoms with E-state index in [9.17, 15) is 28.9 Å². The lowest BCUT2D eigenvalue weighted by Gasteiger charge is -2.18. The van der Waals surface area contributed by atoms with Crippen molar-refractivity contribution in [2.24, 2.45) is 0 Å². The lowest BCUT2D eigenvalue weighted by Crippen LogP contribution is -2.43. The van der Waals surface area contributed by atoms with Gasteiger partial charge in [0.25, 0.3) is 0 Å². The number of esters is 1. The predicted molar refractivity (Wildman–Crippen MR) is 180 cm³/mol. The molecule has 0 aliphatic rings. The van der Waals surface area contributed by atoms with Crippen LogP contribution in [0.2, 0.25) is 0 Å². The normalized spacial score (nSPS) is 14.9. The molecule has 0 saturated carbocycles. The number of hydrogen-bond acceptors (Lipinski definition) is 8. The van der Waals surface area contributed by atoms with Gasteiger partial charge in [-0.2, -0.15) is 0 Å². The van der Waals surface area contributed by atoms with Gasteiger partial charge in [-0.1, -0.05) is 93.9 Å². The Hall–Kier alpha value is -2.82. The van der Waals surface area contributed by atoms with Gasteiger partial charge in [0, 0.05) is 12.8 Å². The lowest BCUT2D eigenvalue weighted by molar-refractivity contribution is -0.147. The predicted octanol–water partition coefficient (Wildman–Crippen LogP) is 6.88. The van der Waals surface area contributed by atoms with Crippen molar-refractivity contribution < 1.29 is 47.8 Å². The third-order valence-corrected chi connectivity index (χ3v) is 7.24. The Bertz CT molecular complexity index is 1020. The summed E-state index contributed by atoms with van der Waals surface area (Å²) in [5.41, 5.74) is 0. The number of rotatable bonds is 29. The summed E-state index contributed by atoms with van der Waals surface area (Å²) in [6.07, 6.45) is 31.9. The van der Waals surface area contributed by atoms with E-state index < -0.39 is 57.6 Å². The summed E-state index contributed by atoms with van der Waals surface area (Å²) in [7, 11) is -4.73. The van der Waals surface area contributed by atoms with Gasteiger partial charge in [0.2, 0.25) is 5.91 Å². The molecule has 0 heterocycles. The molecule has 3 atom stereocenters. The molecular weight excluding hydrogens is 613 g/mol. The maximum absolute atomic E-state index is 12.0. The molecule has 0 aromatic carbocycles. The molecule has 46 heavy (non-hydrogen) atoms. The summed E-state index contributed by atoms with van der Waals surface area (Å²) < 4.78 is 26.2. The van der Waals surface area contributed by atoms with Crippen molar-refractivity contribution >= 4 is 25.7 Å². The van der Waals surface area contributed by atoms with Crippen molar-refractivity contribution in [2.75, 3.05) is 19.8 Å². The quantitative estimate of drug-likeness (QED) is 0.0285. The SMILES string of the molecule is CC/C=C\C/C=C\C/C=C\C/C=C\C/C=C\CCCCCCCC(=O)OCC(O)COP(=O)(O)OCC(NC(=O)CCC)C(=O)O. The number of carboxylic acids is 1. The van der Waals surface area contributed by atoms with Crippen LogP contribution in [0.15, 0.2) is 60.8 Å². The van der Waals surface area contributed by atoms with E-state index in [-0.39, 0.29) is 12.8 Å². The number of aliphatic carboxylic acids is 1. The van der Waals surface area contributed by atoms with E-state index in [4.69, 9.17) is 9.84 Å². The second kappa shape index (κ2) is 29.6. The molecule has 0 radical (unpaired) electrons. The molecule has 0 aromatic rings. The fourth-order valence-corrected chi connectivity index (χ4v) is 4.57. The number of carbonyl (C=O) groups excluding carboxylic acids is 2. The highest BCUT2D eigenvalue weighted by Crippen LogP contribution is 2.43. The van der Waals surface area contributed by atoms with Crippen LogP contribution < -0.4 is 5.32 Å². The van der Waals surface area contributed by atoms with E-state index >= 15 is 0 Å². The van der Waals surface area contributed by atoms with Crippen LogP contribution in [0.1, 0.15) is 104 Å². The molecule has 0 fully saturated rings. The number of aliphatic hydroxyl groups excluding tert-OH is 1. The highest BCUT2D eigenvalue weighted by molar-refractivity contribution is 7.47. The van der Waals surface area contributed by atoms with Crippen LogP contribution in [0.3, 0.4) is 0 Å². The van der Waals surface area contributed by atoms with E-state index in [0.29, 0.717) is 12.8 Å². The van der Waals surface area contributed by atoms with Gasteiger partial charge in [-0.05, 0) is 57.8 Å². The Balaban J connectivity index is 3.84. The van der Waals surface area contributed by atoms with Crippen molar-refractivity contribution in [1.29, 1.82) is 0 Å². The van der Waals surface area contributed by atoms with E-state index in [1.165, 1.54) is 0 Å². The molecule has 0 rings (SSSR count). The van der Waals surface area contributed by atoms with Crippen molar-refractivity contribution in [3.05, 3.63) is 60.8 Å². The number of amides is 1. The minimum atomic E-state index is -4.73. The molecule has 0 aliphatic carbocycles. The number of unbranched alkanes of at least 4 members (excludes halogenated alkanes) is 5. The molecule has 0 bridgehead atoms. The van der Waals surface area contributed by atoms with Crippen LogP contribution in [-0.4, -0.2) is 64.9 Å². The number of phosphoric acid groups is 1. The summed E-state index contributed by atoms with van der Waals surface area (Å²) in [5.74, 6) is -2.48. The Kier molecular flexibility index (Phi) is 27.8. The van der Waals surface area contributed by atoms with E-state index in [1.807, 2.05) is 0 Å². The number of aliphatic hydroxyl groups is 1. The number of carbonyl (C=O) groups is 3. The van der Waals surface area contributed by atoms with Crippen LogP contribution in [0, 0.1) is 0 Å². The Morgan fingerprint density at radius 2 is 1.24 bits per heavy atom. The van der Waals surface area contributed by atoms with Crippen molar-refractivity contribution in [3.8, 4) is 0 Å².